The zero-order valence-corrected chi connectivity index (χ0v) is 11.6. The van der Waals surface area contributed by atoms with Crippen LogP contribution in [0.15, 0.2) is 12.8 Å². The third-order valence-electron chi connectivity index (χ3n) is 2.66. The molecule has 0 aliphatic carbocycles. The topological polar surface area (TPSA) is 9.23 Å². The summed E-state index contributed by atoms with van der Waals surface area (Å²) in [5, 5.41) is 0. The van der Waals surface area contributed by atoms with Crippen LogP contribution in [0.1, 0.15) is 6.42 Å². The second-order valence-electron chi connectivity index (χ2n) is 4.60. The predicted octanol–water partition coefficient (Wildman–Crippen LogP) is 5.87. The minimum atomic E-state index is -8.08. The van der Waals surface area contributed by atoms with Gasteiger partial charge in [-0.3, -0.25) is 0 Å². The molecule has 0 aliphatic heterocycles. The average molecular weight is 426 g/mol. The van der Waals surface area contributed by atoms with Crippen molar-refractivity contribution in [1.82, 2.24) is 0 Å². The third kappa shape index (κ3) is 3.63. The number of rotatable bonds is 8. The van der Waals surface area contributed by atoms with E-state index in [0.29, 0.717) is 0 Å². The molecule has 0 aromatic rings. The van der Waals surface area contributed by atoms with Crippen LogP contribution < -0.4 is 0 Å². The standard InChI is InChI=1S/C10H5F15O/c1-2-26-10(24,25)9(22,23)8(20,21)7(18,19)6(16,17)4(11,12)3-5(13,14)15/h2H,1,3H2. The minimum absolute atomic E-state index is 0.696. The van der Waals surface area contributed by atoms with Crippen molar-refractivity contribution >= 4 is 0 Å². The first kappa shape index (κ1) is 24.5. The van der Waals surface area contributed by atoms with Gasteiger partial charge in [0.25, 0.3) is 0 Å². The number of alkyl halides is 15. The van der Waals surface area contributed by atoms with E-state index in [4.69, 9.17) is 0 Å². The molecule has 0 heterocycles. The molecule has 0 saturated carbocycles. The van der Waals surface area contributed by atoms with Gasteiger partial charge in [0.15, 0.2) is 0 Å². The van der Waals surface area contributed by atoms with E-state index < -0.39 is 54.6 Å². The van der Waals surface area contributed by atoms with Gasteiger partial charge in [-0.1, -0.05) is 6.58 Å². The van der Waals surface area contributed by atoms with Crippen LogP contribution in [0.25, 0.3) is 0 Å². The quantitative estimate of drug-likeness (QED) is 0.349. The van der Waals surface area contributed by atoms with E-state index in [1.165, 1.54) is 0 Å². The normalized spacial score (nSPS) is 15.8. The van der Waals surface area contributed by atoms with Gasteiger partial charge in [-0.15, -0.1) is 0 Å². The summed E-state index contributed by atoms with van der Waals surface area (Å²) < 4.78 is 193. The maximum absolute atomic E-state index is 13.1. The van der Waals surface area contributed by atoms with E-state index in [1.807, 2.05) is 0 Å². The fourth-order valence-electron chi connectivity index (χ4n) is 1.35. The van der Waals surface area contributed by atoms with Crippen molar-refractivity contribution < 1.29 is 70.6 Å². The predicted molar refractivity (Wildman–Crippen MR) is 51.6 cm³/mol. The Balaban J connectivity index is 6.30. The highest BCUT2D eigenvalue weighted by atomic mass is 19.4. The van der Waals surface area contributed by atoms with Crippen molar-refractivity contribution in [3.63, 3.8) is 0 Å². The zero-order chi connectivity index (χ0) is 21.6. The molecule has 26 heavy (non-hydrogen) atoms. The monoisotopic (exact) mass is 426 g/mol. The van der Waals surface area contributed by atoms with Gasteiger partial charge in [-0.25, -0.2) is 0 Å². The van der Waals surface area contributed by atoms with E-state index in [9.17, 15) is 65.9 Å². The largest absolute Gasteiger partial charge is 0.470 e. The fraction of sp³-hybridized carbons (Fsp3) is 0.800. The van der Waals surface area contributed by atoms with E-state index >= 15 is 0 Å². The smallest absolute Gasteiger partial charge is 0.436 e. The van der Waals surface area contributed by atoms with Gasteiger partial charge in [0.05, 0.1) is 6.26 Å². The fourth-order valence-corrected chi connectivity index (χ4v) is 1.35. The zero-order valence-electron chi connectivity index (χ0n) is 11.6. The van der Waals surface area contributed by atoms with Gasteiger partial charge in [0.1, 0.15) is 6.42 Å². The molecule has 0 spiro atoms. The first-order valence-electron chi connectivity index (χ1n) is 5.64. The maximum atomic E-state index is 13.1. The Labute approximate surface area is 133 Å². The van der Waals surface area contributed by atoms with Crippen molar-refractivity contribution in [2.24, 2.45) is 0 Å². The van der Waals surface area contributed by atoms with Crippen LogP contribution >= 0.6 is 0 Å². The molecule has 156 valence electrons. The van der Waals surface area contributed by atoms with E-state index in [-0.39, 0.29) is 0 Å². The summed E-state index contributed by atoms with van der Waals surface area (Å²) in [5.41, 5.74) is 0. The van der Waals surface area contributed by atoms with Crippen LogP contribution in [0.2, 0.25) is 0 Å². The highest BCUT2D eigenvalue weighted by Gasteiger charge is 2.91. The Morgan fingerprint density at radius 1 is 0.577 bits per heavy atom. The molecule has 0 unspecified atom stereocenters. The van der Waals surface area contributed by atoms with Crippen LogP contribution in [0, 0.1) is 0 Å². The van der Waals surface area contributed by atoms with Gasteiger partial charge in [-0.05, 0) is 0 Å². The maximum Gasteiger partial charge on any atom is 0.470 e. The summed E-state index contributed by atoms with van der Waals surface area (Å²) in [6, 6.07) is 0. The number of hydrogen-bond donors (Lipinski definition) is 0. The summed E-state index contributed by atoms with van der Waals surface area (Å²) in [5.74, 6) is -38.5. The van der Waals surface area contributed by atoms with Crippen LogP contribution in [-0.4, -0.2) is 41.9 Å². The summed E-state index contributed by atoms with van der Waals surface area (Å²) in [6.45, 7) is 2.17. The van der Waals surface area contributed by atoms with E-state index in [2.05, 4.69) is 11.3 Å². The van der Waals surface area contributed by atoms with Crippen LogP contribution in [0.4, 0.5) is 65.9 Å². The highest BCUT2D eigenvalue weighted by molar-refractivity contribution is 5.10. The third-order valence-corrected chi connectivity index (χ3v) is 2.66. The number of halogens is 15. The summed E-state index contributed by atoms with van der Waals surface area (Å²) >= 11 is 0. The lowest BCUT2D eigenvalue weighted by Gasteiger charge is -2.40. The van der Waals surface area contributed by atoms with Gasteiger partial charge >= 0.3 is 41.9 Å². The van der Waals surface area contributed by atoms with Crippen molar-refractivity contribution in [1.29, 1.82) is 0 Å². The number of ether oxygens (including phenoxy) is 1. The summed E-state index contributed by atoms with van der Waals surface area (Å²) in [4.78, 5) is 0. The van der Waals surface area contributed by atoms with Gasteiger partial charge in [0.2, 0.25) is 0 Å². The molecule has 1 nitrogen and oxygen atoms in total. The Hall–Kier alpha value is -1.51. The van der Waals surface area contributed by atoms with Gasteiger partial charge in [0, 0.05) is 0 Å². The summed E-state index contributed by atoms with van der Waals surface area (Å²) in [7, 11) is 0. The van der Waals surface area contributed by atoms with Crippen LogP contribution in [0.5, 0.6) is 0 Å². The van der Waals surface area contributed by atoms with Gasteiger partial charge in [-0.2, -0.15) is 65.9 Å². The molecule has 0 aliphatic rings. The first-order valence-corrected chi connectivity index (χ1v) is 5.64. The van der Waals surface area contributed by atoms with Crippen LogP contribution in [0.3, 0.4) is 0 Å². The molecular formula is C10H5F15O. The van der Waals surface area contributed by atoms with E-state index in [0.717, 1.165) is 0 Å². The average Bonchev–Trinajstić information content (AvgIpc) is 2.34. The molecule has 0 saturated heterocycles. The molecule has 0 fully saturated rings. The first-order chi connectivity index (χ1) is 11.0. The highest BCUT2D eigenvalue weighted by Crippen LogP contribution is 2.61. The van der Waals surface area contributed by atoms with Crippen molar-refractivity contribution in [2.45, 2.75) is 48.3 Å². The second-order valence-corrected chi connectivity index (χ2v) is 4.60. The Morgan fingerprint density at radius 3 is 1.23 bits per heavy atom. The molecule has 0 atom stereocenters. The Morgan fingerprint density at radius 2 is 0.923 bits per heavy atom. The van der Waals surface area contributed by atoms with Gasteiger partial charge < -0.3 is 4.74 Å². The molecule has 0 rings (SSSR count). The van der Waals surface area contributed by atoms with Crippen molar-refractivity contribution in [2.75, 3.05) is 0 Å². The molecule has 0 bridgehead atoms. The van der Waals surface area contributed by atoms with E-state index in [1.54, 1.807) is 0 Å². The van der Waals surface area contributed by atoms with Crippen molar-refractivity contribution in [3.05, 3.63) is 12.8 Å². The Bertz CT molecular complexity index is 517. The number of hydrogen-bond acceptors (Lipinski definition) is 1. The lowest BCUT2D eigenvalue weighted by molar-refractivity contribution is -0.454. The molecule has 16 heteroatoms. The van der Waals surface area contributed by atoms with Crippen molar-refractivity contribution in [3.8, 4) is 0 Å². The molecule has 0 aromatic heterocycles. The molecule has 0 aromatic carbocycles. The van der Waals surface area contributed by atoms with Crippen LogP contribution in [-0.2, 0) is 4.74 Å². The molecular weight excluding hydrogens is 421 g/mol. The SMILES string of the molecule is C=COC(F)(F)C(F)(F)C(F)(F)C(F)(F)C(F)(F)C(F)(F)CC(F)(F)F. The molecule has 0 radical (unpaired) electrons. The lowest BCUT2D eigenvalue weighted by Crippen LogP contribution is -2.71. The Kier molecular flexibility index (Phi) is 5.92. The molecule has 0 amide bonds. The lowest BCUT2D eigenvalue weighted by atomic mass is 9.92. The minimum Gasteiger partial charge on any atom is -0.436 e. The summed E-state index contributed by atoms with van der Waals surface area (Å²) in [6.07, 6.45) is -17.8. The second kappa shape index (κ2) is 6.28. The molecule has 0 N–H and O–H groups in total.